The average molecular weight is 363 g/mol. The van der Waals surface area contributed by atoms with Crippen LogP contribution in [0.3, 0.4) is 0 Å². The van der Waals surface area contributed by atoms with Crippen LogP contribution in [0.25, 0.3) is 0 Å². The molecule has 5 rings (SSSR count). The number of hydrogen-bond acceptors (Lipinski definition) is 5. The number of ether oxygens (including phenoxy) is 3. The minimum Gasteiger partial charge on any atom is -0.454 e. The Balaban J connectivity index is 1.33. The van der Waals surface area contributed by atoms with Crippen LogP contribution in [0.15, 0.2) is 54.6 Å². The van der Waals surface area contributed by atoms with Gasteiger partial charge in [0.25, 0.3) is 5.91 Å². The van der Waals surface area contributed by atoms with Gasteiger partial charge in [0.05, 0.1) is 18.8 Å². The number of carbonyl (C=O) groups excluding carboxylic acids is 1. The molecule has 2 aliphatic heterocycles. The van der Waals surface area contributed by atoms with Crippen molar-refractivity contribution in [2.75, 3.05) is 12.1 Å². The van der Waals surface area contributed by atoms with Crippen molar-refractivity contribution < 1.29 is 19.0 Å². The number of carbonyl (C=O) groups is 1. The van der Waals surface area contributed by atoms with E-state index in [1.807, 2.05) is 53.2 Å². The highest BCUT2D eigenvalue weighted by molar-refractivity contribution is 6.02. The Kier molecular flexibility index (Phi) is 3.79. The Morgan fingerprint density at radius 3 is 2.81 bits per heavy atom. The van der Waals surface area contributed by atoms with Crippen molar-refractivity contribution in [3.8, 4) is 11.5 Å². The maximum atomic E-state index is 12.5. The predicted octanol–water partition coefficient (Wildman–Crippen LogP) is 3.14. The van der Waals surface area contributed by atoms with Gasteiger partial charge in [0, 0.05) is 5.69 Å². The van der Waals surface area contributed by atoms with E-state index in [1.165, 1.54) is 0 Å². The number of aromatic nitrogens is 2. The third kappa shape index (κ3) is 3.02. The van der Waals surface area contributed by atoms with Gasteiger partial charge in [0.1, 0.15) is 6.10 Å². The normalized spacial score (nSPS) is 17.4. The minimum absolute atomic E-state index is 0.156. The van der Waals surface area contributed by atoms with Gasteiger partial charge >= 0.3 is 0 Å². The van der Waals surface area contributed by atoms with Crippen molar-refractivity contribution in [1.82, 2.24) is 9.78 Å². The van der Waals surface area contributed by atoms with Gasteiger partial charge in [0.15, 0.2) is 17.2 Å². The lowest BCUT2D eigenvalue weighted by atomic mass is 10.1. The lowest BCUT2D eigenvalue weighted by Gasteiger charge is -2.24. The van der Waals surface area contributed by atoms with Crippen LogP contribution in [-0.4, -0.2) is 22.5 Å². The summed E-state index contributed by atoms with van der Waals surface area (Å²) in [6, 6.07) is 16.9. The van der Waals surface area contributed by atoms with Gasteiger partial charge in [-0.05, 0) is 35.9 Å². The summed E-state index contributed by atoms with van der Waals surface area (Å²) in [5.41, 5.74) is 2.99. The summed E-state index contributed by atoms with van der Waals surface area (Å²) in [6.45, 7) is 1.17. The monoisotopic (exact) mass is 363 g/mol. The van der Waals surface area contributed by atoms with Gasteiger partial charge in [-0.2, -0.15) is 5.10 Å². The van der Waals surface area contributed by atoms with Crippen molar-refractivity contribution >= 4 is 11.6 Å². The Morgan fingerprint density at radius 2 is 1.93 bits per heavy atom. The Labute approximate surface area is 155 Å². The molecule has 0 bridgehead atoms. The van der Waals surface area contributed by atoms with Crippen molar-refractivity contribution in [2.24, 2.45) is 0 Å². The van der Waals surface area contributed by atoms with Crippen LogP contribution in [0.2, 0.25) is 0 Å². The summed E-state index contributed by atoms with van der Waals surface area (Å²) in [4.78, 5) is 12.5. The highest BCUT2D eigenvalue weighted by Gasteiger charge is 2.25. The molecule has 1 amide bonds. The second kappa shape index (κ2) is 6.44. The number of nitrogens with zero attached hydrogens (tertiary/aromatic N) is 2. The van der Waals surface area contributed by atoms with Crippen LogP contribution in [0, 0.1) is 0 Å². The summed E-state index contributed by atoms with van der Waals surface area (Å²) in [7, 11) is 0. The zero-order valence-corrected chi connectivity index (χ0v) is 14.4. The summed E-state index contributed by atoms with van der Waals surface area (Å²) < 4.78 is 18.6. The molecule has 136 valence electrons. The smallest absolute Gasteiger partial charge is 0.276 e. The van der Waals surface area contributed by atoms with Gasteiger partial charge in [0.2, 0.25) is 6.79 Å². The summed E-state index contributed by atoms with van der Waals surface area (Å²) in [5, 5.41) is 7.32. The third-order valence-electron chi connectivity index (χ3n) is 4.67. The van der Waals surface area contributed by atoms with Crippen LogP contribution in [0.1, 0.15) is 27.8 Å². The van der Waals surface area contributed by atoms with Gasteiger partial charge < -0.3 is 19.5 Å². The fraction of sp³-hybridized carbons (Fsp3) is 0.200. The number of amides is 1. The van der Waals surface area contributed by atoms with Crippen LogP contribution >= 0.6 is 0 Å². The molecule has 2 aliphatic rings. The first-order valence-corrected chi connectivity index (χ1v) is 8.70. The molecule has 3 heterocycles. The fourth-order valence-corrected chi connectivity index (χ4v) is 3.27. The number of rotatable bonds is 3. The Bertz CT molecular complexity index is 1000. The lowest BCUT2D eigenvalue weighted by molar-refractivity contribution is -0.00127. The van der Waals surface area contributed by atoms with Gasteiger partial charge in [-0.1, -0.05) is 24.3 Å². The van der Waals surface area contributed by atoms with Crippen molar-refractivity contribution in [1.29, 1.82) is 0 Å². The van der Waals surface area contributed by atoms with E-state index in [9.17, 15) is 4.79 Å². The number of para-hydroxylation sites is 1. The molecule has 7 heteroatoms. The molecule has 0 fully saturated rings. The Morgan fingerprint density at radius 1 is 1.07 bits per heavy atom. The number of hydrogen-bond donors (Lipinski definition) is 1. The highest BCUT2D eigenvalue weighted by atomic mass is 16.7. The van der Waals surface area contributed by atoms with Crippen molar-refractivity contribution in [2.45, 2.75) is 19.3 Å². The largest absolute Gasteiger partial charge is 0.454 e. The molecule has 1 unspecified atom stereocenters. The predicted molar refractivity (Wildman–Crippen MR) is 96.7 cm³/mol. The molecular weight excluding hydrogens is 346 g/mol. The number of fused-ring (bicyclic) bond motifs is 2. The minimum atomic E-state index is -0.234. The van der Waals surface area contributed by atoms with E-state index in [-0.39, 0.29) is 18.8 Å². The molecule has 0 saturated heterocycles. The van der Waals surface area contributed by atoms with Crippen LogP contribution in [0.5, 0.6) is 11.5 Å². The number of anilines is 1. The molecule has 1 N–H and O–H groups in total. The third-order valence-corrected chi connectivity index (χ3v) is 4.67. The molecule has 0 spiro atoms. The molecule has 3 aromatic rings. The summed E-state index contributed by atoms with van der Waals surface area (Å²) in [6.07, 6.45) is -0.156. The van der Waals surface area contributed by atoms with E-state index in [0.717, 1.165) is 28.4 Å². The van der Waals surface area contributed by atoms with E-state index in [4.69, 9.17) is 14.2 Å². The van der Waals surface area contributed by atoms with E-state index >= 15 is 0 Å². The quantitative estimate of drug-likeness (QED) is 0.774. The highest BCUT2D eigenvalue weighted by Crippen LogP contribution is 2.36. The van der Waals surface area contributed by atoms with E-state index in [0.29, 0.717) is 18.8 Å². The SMILES string of the molecule is O=C(Nc1ccccc1)c1cc2n(n1)CC(c1ccc3c(c1)OCO3)OC2. The van der Waals surface area contributed by atoms with Crippen LogP contribution in [-0.2, 0) is 17.9 Å². The molecule has 0 aliphatic carbocycles. The number of nitrogens with one attached hydrogen (secondary N) is 1. The molecule has 1 aromatic heterocycles. The van der Waals surface area contributed by atoms with Crippen molar-refractivity contribution in [3.05, 3.63) is 71.5 Å². The summed E-state index contributed by atoms with van der Waals surface area (Å²) in [5.74, 6) is 1.24. The second-order valence-electron chi connectivity index (χ2n) is 6.44. The maximum absolute atomic E-state index is 12.5. The van der Waals surface area contributed by atoms with E-state index in [2.05, 4.69) is 10.4 Å². The molecule has 0 radical (unpaired) electrons. The van der Waals surface area contributed by atoms with Gasteiger partial charge in [-0.25, -0.2) is 0 Å². The fourth-order valence-electron chi connectivity index (χ4n) is 3.27. The van der Waals surface area contributed by atoms with E-state index < -0.39 is 0 Å². The maximum Gasteiger partial charge on any atom is 0.276 e. The van der Waals surface area contributed by atoms with Crippen LogP contribution in [0.4, 0.5) is 5.69 Å². The first-order chi connectivity index (χ1) is 13.3. The molecule has 1 atom stereocenters. The van der Waals surface area contributed by atoms with Crippen molar-refractivity contribution in [3.63, 3.8) is 0 Å². The zero-order valence-electron chi connectivity index (χ0n) is 14.4. The molecule has 2 aromatic carbocycles. The number of benzene rings is 2. The first-order valence-electron chi connectivity index (χ1n) is 8.70. The second-order valence-corrected chi connectivity index (χ2v) is 6.44. The summed E-state index contributed by atoms with van der Waals surface area (Å²) >= 11 is 0. The topological polar surface area (TPSA) is 74.6 Å². The standard InChI is InChI=1S/C20H17N3O4/c24-20(21-14-4-2-1-3-5-14)16-9-15-11-25-19(10-23(15)22-16)13-6-7-17-18(8-13)27-12-26-17/h1-9,19H,10-12H2,(H,21,24). The molecule has 27 heavy (non-hydrogen) atoms. The van der Waals surface area contributed by atoms with Crippen LogP contribution < -0.4 is 14.8 Å². The van der Waals surface area contributed by atoms with E-state index in [1.54, 1.807) is 6.07 Å². The van der Waals surface area contributed by atoms with Gasteiger partial charge in [-0.3, -0.25) is 9.48 Å². The average Bonchev–Trinajstić information content (AvgIpc) is 3.34. The molecular formula is C20H17N3O4. The molecule has 0 saturated carbocycles. The first kappa shape index (κ1) is 15.9. The Hall–Kier alpha value is -3.32. The zero-order chi connectivity index (χ0) is 18.2. The lowest BCUT2D eigenvalue weighted by Crippen LogP contribution is -2.22. The molecule has 7 nitrogen and oxygen atoms in total. The van der Waals surface area contributed by atoms with Gasteiger partial charge in [-0.15, -0.1) is 0 Å².